The Morgan fingerprint density at radius 1 is 0.864 bits per heavy atom. The van der Waals surface area contributed by atoms with Crippen molar-refractivity contribution in [2.24, 2.45) is 0 Å². The lowest BCUT2D eigenvalue weighted by Gasteiger charge is -2.36. The number of aromatic nitrogens is 2. The summed E-state index contributed by atoms with van der Waals surface area (Å²) in [6, 6.07) is 19.3. The fourth-order valence-corrected chi connectivity index (χ4v) is 7.96. The molecule has 4 aromatic rings. The molecule has 2 saturated heterocycles. The number of hydrogen-bond donors (Lipinski definition) is 6. The molecule has 0 saturated carbocycles. The average Bonchev–Trinajstić information content (AvgIpc) is 3.64. The van der Waals surface area contributed by atoms with Crippen LogP contribution in [0, 0.1) is 0 Å². The first kappa shape index (κ1) is 47.3. The van der Waals surface area contributed by atoms with Crippen molar-refractivity contribution in [2.75, 3.05) is 93.6 Å². The molecule has 0 spiro atoms. The summed E-state index contributed by atoms with van der Waals surface area (Å²) in [6.07, 6.45) is 3.30. The van der Waals surface area contributed by atoms with Crippen molar-refractivity contribution in [1.82, 2.24) is 35.7 Å². The van der Waals surface area contributed by atoms with Crippen LogP contribution in [0.25, 0.3) is 0 Å². The highest BCUT2D eigenvalue weighted by Gasteiger charge is 2.39. The molecule has 19 nitrogen and oxygen atoms in total. The largest absolute Gasteiger partial charge is 0.379 e. The Balaban J connectivity index is 0.703. The SMILES string of the molecule is CNC(=O)c1ccccc1Nc1nc(Nc2ccc(N3CCN(C(=O)CCCNCCOCCOCCC(=O)Nc4ccc5c(c4)CN(C4CCC(=O)NC4=O)C5=O)CC3)cc2)ncc1Cl. The van der Waals surface area contributed by atoms with Gasteiger partial charge >= 0.3 is 0 Å². The second-order valence-corrected chi connectivity index (χ2v) is 16.2. The normalized spacial score (nSPS) is 15.9. The quantitative estimate of drug-likeness (QED) is 0.0516. The number of nitrogens with one attached hydrogen (secondary N) is 6. The topological polar surface area (TPSA) is 229 Å². The number of halogens is 1. The van der Waals surface area contributed by atoms with E-state index >= 15 is 0 Å². The number of para-hydroxylation sites is 1. The van der Waals surface area contributed by atoms with E-state index in [1.807, 2.05) is 35.2 Å². The number of piperazine rings is 1. The molecule has 66 heavy (non-hydrogen) atoms. The fraction of sp³-hybridized carbons (Fsp3) is 0.391. The molecule has 6 amide bonds. The third-order valence-electron chi connectivity index (χ3n) is 11.3. The van der Waals surface area contributed by atoms with E-state index in [1.54, 1.807) is 43.4 Å². The van der Waals surface area contributed by atoms with E-state index < -0.39 is 11.9 Å². The molecule has 2 fully saturated rings. The number of amides is 6. The monoisotopic (exact) mass is 923 g/mol. The maximum atomic E-state index is 12.9. The molecule has 4 heterocycles. The van der Waals surface area contributed by atoms with Crippen LogP contribution in [0.2, 0.25) is 5.02 Å². The zero-order valence-corrected chi connectivity index (χ0v) is 37.5. The molecule has 1 atom stereocenters. The van der Waals surface area contributed by atoms with Gasteiger partial charge in [-0.1, -0.05) is 23.7 Å². The molecular formula is C46H54ClN11O8. The number of imide groups is 1. The van der Waals surface area contributed by atoms with Crippen molar-refractivity contribution in [2.45, 2.75) is 44.7 Å². The smallest absolute Gasteiger partial charge is 0.255 e. The van der Waals surface area contributed by atoms with Crippen molar-refractivity contribution in [1.29, 1.82) is 0 Å². The molecule has 1 aromatic heterocycles. The first-order chi connectivity index (χ1) is 32.1. The first-order valence-electron chi connectivity index (χ1n) is 22.0. The number of rotatable bonds is 21. The van der Waals surface area contributed by atoms with Crippen molar-refractivity contribution < 1.29 is 38.2 Å². The Labute approximate surface area is 387 Å². The molecule has 6 N–H and O–H groups in total. The number of fused-ring (bicyclic) bond motifs is 1. The minimum absolute atomic E-state index is 0.144. The lowest BCUT2D eigenvalue weighted by atomic mass is 10.0. The second kappa shape index (κ2) is 23.0. The van der Waals surface area contributed by atoms with Crippen molar-refractivity contribution in [3.63, 3.8) is 0 Å². The van der Waals surface area contributed by atoms with Crippen LogP contribution in [0.1, 0.15) is 58.4 Å². The molecule has 3 aliphatic heterocycles. The van der Waals surface area contributed by atoms with Gasteiger partial charge in [-0.3, -0.25) is 34.1 Å². The predicted octanol–water partition coefficient (Wildman–Crippen LogP) is 3.82. The van der Waals surface area contributed by atoms with Gasteiger partial charge in [-0.15, -0.1) is 0 Å². The van der Waals surface area contributed by atoms with Gasteiger partial charge in [-0.2, -0.15) is 4.98 Å². The zero-order valence-electron chi connectivity index (χ0n) is 36.7. The molecule has 7 rings (SSSR count). The Morgan fingerprint density at radius 3 is 2.39 bits per heavy atom. The number of carbonyl (C=O) groups excluding carboxylic acids is 6. The molecule has 1 unspecified atom stereocenters. The van der Waals surface area contributed by atoms with Gasteiger partial charge in [0.25, 0.3) is 11.8 Å². The van der Waals surface area contributed by atoms with Crippen LogP contribution >= 0.6 is 11.6 Å². The summed E-state index contributed by atoms with van der Waals surface area (Å²) in [4.78, 5) is 88.9. The first-order valence-corrected chi connectivity index (χ1v) is 22.4. The highest BCUT2D eigenvalue weighted by atomic mass is 35.5. The Morgan fingerprint density at radius 2 is 1.62 bits per heavy atom. The zero-order chi connectivity index (χ0) is 46.4. The van der Waals surface area contributed by atoms with Crippen LogP contribution in [0.3, 0.4) is 0 Å². The third-order valence-corrected chi connectivity index (χ3v) is 11.6. The van der Waals surface area contributed by atoms with Gasteiger partial charge in [0, 0.05) is 81.8 Å². The lowest BCUT2D eigenvalue weighted by molar-refractivity contribution is -0.137. The summed E-state index contributed by atoms with van der Waals surface area (Å²) >= 11 is 6.39. The van der Waals surface area contributed by atoms with Crippen LogP contribution in [0.5, 0.6) is 0 Å². The maximum absolute atomic E-state index is 12.9. The summed E-state index contributed by atoms with van der Waals surface area (Å²) in [5.74, 6) is -0.697. The predicted molar refractivity (Wildman–Crippen MR) is 248 cm³/mol. The van der Waals surface area contributed by atoms with E-state index in [0.29, 0.717) is 97.3 Å². The van der Waals surface area contributed by atoms with Gasteiger partial charge < -0.3 is 50.8 Å². The molecule has 20 heteroatoms. The van der Waals surface area contributed by atoms with Crippen LogP contribution < -0.4 is 36.8 Å². The number of piperidine rings is 1. The summed E-state index contributed by atoms with van der Waals surface area (Å²) in [5, 5.41) is 17.7. The van der Waals surface area contributed by atoms with E-state index in [9.17, 15) is 28.8 Å². The summed E-state index contributed by atoms with van der Waals surface area (Å²) < 4.78 is 11.2. The van der Waals surface area contributed by atoms with E-state index in [0.717, 1.165) is 30.9 Å². The van der Waals surface area contributed by atoms with E-state index in [2.05, 4.69) is 46.8 Å². The van der Waals surface area contributed by atoms with Crippen molar-refractivity contribution in [3.05, 3.63) is 94.6 Å². The molecule has 0 bridgehead atoms. The van der Waals surface area contributed by atoms with Crippen LogP contribution in [0.15, 0.2) is 72.9 Å². The van der Waals surface area contributed by atoms with Crippen LogP contribution in [-0.4, -0.2) is 134 Å². The second-order valence-electron chi connectivity index (χ2n) is 15.8. The van der Waals surface area contributed by atoms with Gasteiger partial charge in [0.1, 0.15) is 11.1 Å². The Hall–Kier alpha value is -6.67. The summed E-state index contributed by atoms with van der Waals surface area (Å²) in [6.45, 7) is 5.76. The minimum atomic E-state index is -0.695. The van der Waals surface area contributed by atoms with Gasteiger partial charge in [-0.25, -0.2) is 4.98 Å². The highest BCUT2D eigenvalue weighted by molar-refractivity contribution is 6.33. The van der Waals surface area contributed by atoms with Gasteiger partial charge in [0.05, 0.1) is 50.3 Å². The number of carbonyl (C=O) groups is 6. The van der Waals surface area contributed by atoms with Gasteiger partial charge in [0.15, 0.2) is 5.82 Å². The average molecular weight is 924 g/mol. The van der Waals surface area contributed by atoms with E-state index in [1.165, 1.54) is 11.1 Å². The molecule has 3 aliphatic rings. The highest BCUT2D eigenvalue weighted by Crippen LogP contribution is 2.30. The number of anilines is 6. The Kier molecular flexibility index (Phi) is 16.5. The molecular weight excluding hydrogens is 870 g/mol. The van der Waals surface area contributed by atoms with Crippen molar-refractivity contribution >= 4 is 81.6 Å². The fourth-order valence-electron chi connectivity index (χ4n) is 7.82. The van der Waals surface area contributed by atoms with E-state index in [-0.39, 0.29) is 62.0 Å². The van der Waals surface area contributed by atoms with Crippen LogP contribution in [-0.2, 0) is 35.2 Å². The minimum Gasteiger partial charge on any atom is -0.379 e. The lowest BCUT2D eigenvalue weighted by Crippen LogP contribution is -2.52. The standard InChI is InChI=1S/C46H54ClN11O8/c1-48-43(62)35-5-2-3-6-37(35)53-42-36(47)28-50-46(55-42)52-31-8-11-33(12-9-31)56-19-21-57(22-20-56)41(61)7-4-17-49-18-24-66-26-25-65-23-16-40(60)51-32-10-13-34-30(27-32)29-58(45(34)64)38-14-15-39(59)54-44(38)63/h2-3,5-6,8-13,27-28,38,49H,4,7,14-26,29H2,1H3,(H,48,62)(H,51,60)(H,54,59,63)(H2,50,52,53,55). The number of hydrogen-bond acceptors (Lipinski definition) is 14. The van der Waals surface area contributed by atoms with Gasteiger partial charge in [0.2, 0.25) is 29.6 Å². The molecule has 0 radical (unpaired) electrons. The number of nitrogens with zero attached hydrogens (tertiary/aromatic N) is 5. The van der Waals surface area contributed by atoms with E-state index in [4.69, 9.17) is 21.1 Å². The summed E-state index contributed by atoms with van der Waals surface area (Å²) in [7, 11) is 1.57. The van der Waals surface area contributed by atoms with Gasteiger partial charge in [-0.05, 0) is 79.5 Å². The third kappa shape index (κ3) is 12.6. The molecule has 0 aliphatic carbocycles. The maximum Gasteiger partial charge on any atom is 0.255 e. The molecule has 3 aromatic carbocycles. The number of benzene rings is 3. The Bertz CT molecular complexity index is 2400. The van der Waals surface area contributed by atoms with Crippen LogP contribution in [0.4, 0.5) is 34.5 Å². The molecule has 348 valence electrons. The van der Waals surface area contributed by atoms with Crippen molar-refractivity contribution in [3.8, 4) is 0 Å². The summed E-state index contributed by atoms with van der Waals surface area (Å²) in [5.41, 5.74) is 4.59. The number of ether oxygens (including phenoxy) is 2.